The van der Waals surface area contributed by atoms with Crippen LogP contribution in [0.4, 0.5) is 5.00 Å². The van der Waals surface area contributed by atoms with E-state index >= 15 is 0 Å². The Morgan fingerprint density at radius 2 is 2.33 bits per heavy atom. The van der Waals surface area contributed by atoms with Crippen molar-refractivity contribution in [3.63, 3.8) is 0 Å². The molecule has 0 spiro atoms. The van der Waals surface area contributed by atoms with Crippen LogP contribution in [-0.4, -0.2) is 23.3 Å². The maximum atomic E-state index is 11.2. The Balaban J connectivity index is 2.10. The number of aryl methyl sites for hydroxylation is 1. The molecule has 3 rings (SSSR count). The highest BCUT2D eigenvalue weighted by Gasteiger charge is 2.31. The third-order valence-corrected chi connectivity index (χ3v) is 4.19. The lowest BCUT2D eigenvalue weighted by atomic mass is 10.2. The first-order valence-corrected chi connectivity index (χ1v) is 5.76. The molecule has 1 saturated heterocycles. The average Bonchev–Trinajstić information content (AvgIpc) is 2.65. The second-order valence-corrected chi connectivity index (χ2v) is 5.18. The summed E-state index contributed by atoms with van der Waals surface area (Å²) >= 11 is 7.73. The van der Waals surface area contributed by atoms with Crippen LogP contribution in [0.1, 0.15) is 10.4 Å². The predicted molar refractivity (Wildman–Crippen MR) is 59.7 cm³/mol. The van der Waals surface area contributed by atoms with Gasteiger partial charge in [-0.15, -0.1) is 11.3 Å². The molecule has 6 heteroatoms. The third-order valence-electron chi connectivity index (χ3n) is 2.52. The summed E-state index contributed by atoms with van der Waals surface area (Å²) in [6.07, 6.45) is 0. The Morgan fingerprint density at radius 1 is 1.53 bits per heavy atom. The van der Waals surface area contributed by atoms with Gasteiger partial charge in [0.25, 0.3) is 0 Å². The van der Waals surface area contributed by atoms with Crippen LogP contribution in [0.15, 0.2) is 4.99 Å². The molecule has 1 fully saturated rings. The lowest BCUT2D eigenvalue weighted by Crippen LogP contribution is -2.31. The van der Waals surface area contributed by atoms with Crippen molar-refractivity contribution in [2.75, 3.05) is 6.54 Å². The zero-order valence-electron chi connectivity index (χ0n) is 8.00. The first-order chi connectivity index (χ1) is 7.15. The molecule has 4 nitrogen and oxygen atoms in total. The molecule has 0 atom stereocenters. The summed E-state index contributed by atoms with van der Waals surface area (Å²) in [6.45, 7) is 3.04. The van der Waals surface area contributed by atoms with Gasteiger partial charge in [0.2, 0.25) is 11.9 Å². The van der Waals surface area contributed by atoms with Crippen LogP contribution in [0.25, 0.3) is 0 Å². The van der Waals surface area contributed by atoms with Crippen LogP contribution in [0.2, 0.25) is 5.02 Å². The van der Waals surface area contributed by atoms with Gasteiger partial charge in [-0.3, -0.25) is 10.1 Å². The molecule has 78 valence electrons. The molecule has 15 heavy (non-hydrogen) atoms. The minimum Gasteiger partial charge on any atom is -0.328 e. The number of carbonyl (C=O) groups is 1. The third kappa shape index (κ3) is 1.27. The van der Waals surface area contributed by atoms with Gasteiger partial charge in [0.1, 0.15) is 11.5 Å². The van der Waals surface area contributed by atoms with Gasteiger partial charge in [-0.25, -0.2) is 4.99 Å². The van der Waals surface area contributed by atoms with Gasteiger partial charge in [-0.05, 0) is 6.92 Å². The quantitative estimate of drug-likeness (QED) is 0.751. The van der Waals surface area contributed by atoms with E-state index < -0.39 is 0 Å². The number of thiophene rings is 1. The Labute approximate surface area is 95.6 Å². The number of hydrogen-bond donors (Lipinski definition) is 1. The molecule has 0 aliphatic carbocycles. The maximum absolute atomic E-state index is 11.2. The summed E-state index contributed by atoms with van der Waals surface area (Å²) < 4.78 is 0. The van der Waals surface area contributed by atoms with Crippen molar-refractivity contribution in [2.45, 2.75) is 13.5 Å². The average molecular weight is 242 g/mol. The molecule has 1 aromatic heterocycles. The Bertz CT molecular complexity index is 494. The van der Waals surface area contributed by atoms with Gasteiger partial charge in [-0.1, -0.05) is 11.6 Å². The van der Waals surface area contributed by atoms with Gasteiger partial charge in [-0.2, -0.15) is 0 Å². The standard InChI is InChI=1S/C9H8ClN3OS/c1-4-7(10)5-2-13-3-6(14)11-9(13)12-8(5)15-4/h2-3H2,1H3,(H,11,12,14). The largest absolute Gasteiger partial charge is 0.328 e. The van der Waals surface area contributed by atoms with E-state index in [1.807, 2.05) is 11.8 Å². The summed E-state index contributed by atoms with van der Waals surface area (Å²) in [7, 11) is 0. The molecule has 0 aromatic carbocycles. The van der Waals surface area contributed by atoms with Crippen molar-refractivity contribution in [2.24, 2.45) is 4.99 Å². The molecule has 0 bridgehead atoms. The number of hydrogen-bond acceptors (Lipinski definition) is 4. The van der Waals surface area contributed by atoms with Crippen molar-refractivity contribution >= 4 is 39.8 Å². The van der Waals surface area contributed by atoms with Crippen LogP contribution in [0.3, 0.4) is 0 Å². The number of halogens is 1. The van der Waals surface area contributed by atoms with E-state index in [1.165, 1.54) is 0 Å². The minimum atomic E-state index is -0.00301. The monoisotopic (exact) mass is 241 g/mol. The van der Waals surface area contributed by atoms with E-state index in [0.717, 1.165) is 20.5 Å². The fourth-order valence-electron chi connectivity index (χ4n) is 1.79. The van der Waals surface area contributed by atoms with Gasteiger partial charge in [0, 0.05) is 10.4 Å². The molecule has 1 N–H and O–H groups in total. The van der Waals surface area contributed by atoms with Gasteiger partial charge in [0.05, 0.1) is 11.6 Å². The van der Waals surface area contributed by atoms with Crippen molar-refractivity contribution in [3.05, 3.63) is 15.5 Å². The molecule has 3 heterocycles. The Hall–Kier alpha value is -1.07. The van der Waals surface area contributed by atoms with E-state index in [4.69, 9.17) is 11.6 Å². The Morgan fingerprint density at radius 3 is 3.13 bits per heavy atom. The number of amides is 1. The summed E-state index contributed by atoms with van der Waals surface area (Å²) in [5.41, 5.74) is 1.04. The number of guanidine groups is 1. The minimum absolute atomic E-state index is 0.00301. The second-order valence-electron chi connectivity index (χ2n) is 3.60. The number of carbonyl (C=O) groups excluding carboxylic acids is 1. The van der Waals surface area contributed by atoms with Crippen LogP contribution >= 0.6 is 22.9 Å². The van der Waals surface area contributed by atoms with Crippen LogP contribution < -0.4 is 5.32 Å². The van der Waals surface area contributed by atoms with Crippen LogP contribution in [0, 0.1) is 6.92 Å². The first kappa shape index (κ1) is 9.18. The fraction of sp³-hybridized carbons (Fsp3) is 0.333. The molecular formula is C9H8ClN3OS. The van der Waals surface area contributed by atoms with E-state index in [0.29, 0.717) is 19.0 Å². The summed E-state index contributed by atoms with van der Waals surface area (Å²) in [5.74, 6) is 0.655. The van der Waals surface area contributed by atoms with Crippen molar-refractivity contribution in [1.82, 2.24) is 10.2 Å². The first-order valence-electron chi connectivity index (χ1n) is 4.56. The molecule has 2 aliphatic heterocycles. The summed E-state index contributed by atoms with van der Waals surface area (Å²) in [4.78, 5) is 18.5. The van der Waals surface area contributed by atoms with Gasteiger partial charge in [0.15, 0.2) is 0 Å². The number of aliphatic imine (C=N–C) groups is 1. The molecule has 2 aliphatic rings. The van der Waals surface area contributed by atoms with Crippen LogP contribution in [-0.2, 0) is 11.3 Å². The second kappa shape index (κ2) is 2.96. The summed E-state index contributed by atoms with van der Waals surface area (Å²) in [6, 6.07) is 0. The molecular weight excluding hydrogens is 234 g/mol. The van der Waals surface area contributed by atoms with Crippen LogP contribution in [0.5, 0.6) is 0 Å². The number of rotatable bonds is 0. The normalized spacial score (nSPS) is 18.4. The topological polar surface area (TPSA) is 44.7 Å². The molecule has 0 unspecified atom stereocenters. The van der Waals surface area contributed by atoms with Gasteiger partial charge < -0.3 is 4.90 Å². The van der Waals surface area contributed by atoms with E-state index in [1.54, 1.807) is 11.3 Å². The molecule has 1 amide bonds. The number of nitrogens with zero attached hydrogens (tertiary/aromatic N) is 2. The molecule has 0 saturated carbocycles. The van der Waals surface area contributed by atoms with Gasteiger partial charge >= 0.3 is 0 Å². The fourth-order valence-corrected chi connectivity index (χ4v) is 3.04. The SMILES string of the molecule is Cc1sc2c(c1Cl)CN1CC(=O)NC1=N2. The molecule has 0 radical (unpaired) electrons. The highest BCUT2D eigenvalue weighted by Crippen LogP contribution is 2.41. The number of fused-ring (bicyclic) bond motifs is 2. The Kier molecular flexibility index (Phi) is 1.81. The van der Waals surface area contributed by atoms with Crippen molar-refractivity contribution in [1.29, 1.82) is 0 Å². The lowest BCUT2D eigenvalue weighted by Gasteiger charge is -2.20. The zero-order valence-corrected chi connectivity index (χ0v) is 9.58. The smallest absolute Gasteiger partial charge is 0.246 e. The highest BCUT2D eigenvalue weighted by atomic mass is 35.5. The van der Waals surface area contributed by atoms with Crippen molar-refractivity contribution < 1.29 is 4.79 Å². The highest BCUT2D eigenvalue weighted by molar-refractivity contribution is 7.16. The van der Waals surface area contributed by atoms with E-state index in [-0.39, 0.29) is 5.91 Å². The van der Waals surface area contributed by atoms with E-state index in [9.17, 15) is 4.79 Å². The number of nitrogens with one attached hydrogen (secondary N) is 1. The molecule has 1 aromatic rings. The van der Waals surface area contributed by atoms with Crippen molar-refractivity contribution in [3.8, 4) is 0 Å². The summed E-state index contributed by atoms with van der Waals surface area (Å²) in [5, 5.41) is 4.44. The lowest BCUT2D eigenvalue weighted by molar-refractivity contribution is -0.118. The zero-order chi connectivity index (χ0) is 10.6. The van der Waals surface area contributed by atoms with E-state index in [2.05, 4.69) is 10.3 Å². The maximum Gasteiger partial charge on any atom is 0.246 e. The predicted octanol–water partition coefficient (Wildman–Crippen LogP) is 1.64.